The zero-order valence-electron chi connectivity index (χ0n) is 13.6. The number of unbranched alkanes of at least 4 members (excludes halogenated alkanes) is 2. The lowest BCUT2D eigenvalue weighted by Crippen LogP contribution is -2.40. The highest BCUT2D eigenvalue weighted by Gasteiger charge is 2.35. The van der Waals surface area contributed by atoms with Crippen LogP contribution < -0.4 is 10.5 Å². The first-order valence-electron chi connectivity index (χ1n) is 8.28. The monoisotopic (exact) mass is 307 g/mol. The van der Waals surface area contributed by atoms with E-state index >= 15 is 0 Å². The highest BCUT2D eigenvalue weighted by atomic mass is 16.5. The Bertz CT molecular complexity index is 434. The molecule has 3 N–H and O–H groups in total. The maximum Gasteiger partial charge on any atom is 0.119 e. The SMILES string of the molecule is COCCCCCOc1ccc([C@@H]2CC[C@](N)(CO)C2)cc1. The van der Waals surface area contributed by atoms with Gasteiger partial charge in [-0.05, 0) is 62.1 Å². The predicted octanol–water partition coefficient (Wildman–Crippen LogP) is 2.84. The third kappa shape index (κ3) is 4.97. The lowest BCUT2D eigenvalue weighted by Gasteiger charge is -2.21. The van der Waals surface area contributed by atoms with Gasteiger partial charge in [0.15, 0.2) is 0 Å². The molecule has 1 saturated carbocycles. The van der Waals surface area contributed by atoms with Crippen molar-refractivity contribution in [2.45, 2.75) is 50.0 Å². The Morgan fingerprint density at radius 2 is 1.91 bits per heavy atom. The molecule has 0 aliphatic heterocycles. The molecule has 1 aliphatic rings. The first-order valence-corrected chi connectivity index (χ1v) is 8.28. The molecule has 0 heterocycles. The zero-order valence-corrected chi connectivity index (χ0v) is 13.6. The molecule has 2 atom stereocenters. The van der Waals surface area contributed by atoms with Crippen molar-refractivity contribution in [3.8, 4) is 5.75 Å². The Morgan fingerprint density at radius 3 is 2.55 bits per heavy atom. The van der Waals surface area contributed by atoms with Gasteiger partial charge in [-0.25, -0.2) is 0 Å². The van der Waals surface area contributed by atoms with Crippen molar-refractivity contribution < 1.29 is 14.6 Å². The molecule has 1 aromatic carbocycles. The quantitative estimate of drug-likeness (QED) is 0.689. The molecule has 0 spiro atoms. The van der Waals surface area contributed by atoms with Crippen LogP contribution in [0, 0.1) is 0 Å². The summed E-state index contributed by atoms with van der Waals surface area (Å²) >= 11 is 0. The zero-order chi connectivity index (χ0) is 15.8. The van der Waals surface area contributed by atoms with Gasteiger partial charge in [-0.15, -0.1) is 0 Å². The fourth-order valence-corrected chi connectivity index (χ4v) is 3.14. The summed E-state index contributed by atoms with van der Waals surface area (Å²) in [4.78, 5) is 0. The second-order valence-electron chi connectivity index (χ2n) is 6.43. The maximum atomic E-state index is 9.36. The van der Waals surface area contributed by atoms with Crippen LogP contribution in [0.1, 0.15) is 50.0 Å². The van der Waals surface area contributed by atoms with E-state index < -0.39 is 0 Å². The minimum absolute atomic E-state index is 0.0771. The van der Waals surface area contributed by atoms with Crippen LogP contribution in [0.15, 0.2) is 24.3 Å². The average molecular weight is 307 g/mol. The molecule has 0 aromatic heterocycles. The molecule has 4 nitrogen and oxygen atoms in total. The van der Waals surface area contributed by atoms with Gasteiger partial charge in [0.1, 0.15) is 5.75 Å². The Morgan fingerprint density at radius 1 is 1.18 bits per heavy atom. The number of methoxy groups -OCH3 is 1. The van der Waals surface area contributed by atoms with Crippen LogP contribution in [-0.2, 0) is 4.74 Å². The van der Waals surface area contributed by atoms with Crippen molar-refractivity contribution in [2.75, 3.05) is 26.9 Å². The number of aliphatic hydroxyl groups excluding tert-OH is 1. The van der Waals surface area contributed by atoms with Gasteiger partial charge in [-0.3, -0.25) is 0 Å². The van der Waals surface area contributed by atoms with Crippen molar-refractivity contribution in [1.82, 2.24) is 0 Å². The topological polar surface area (TPSA) is 64.7 Å². The smallest absolute Gasteiger partial charge is 0.119 e. The number of hydrogen-bond acceptors (Lipinski definition) is 4. The minimum Gasteiger partial charge on any atom is -0.494 e. The number of nitrogens with two attached hydrogens (primary N) is 1. The normalized spacial score (nSPS) is 24.6. The van der Waals surface area contributed by atoms with E-state index in [-0.39, 0.29) is 12.1 Å². The van der Waals surface area contributed by atoms with E-state index in [4.69, 9.17) is 15.2 Å². The van der Waals surface area contributed by atoms with Crippen molar-refractivity contribution in [2.24, 2.45) is 5.73 Å². The summed E-state index contributed by atoms with van der Waals surface area (Å²) in [5.74, 6) is 1.38. The molecule has 124 valence electrons. The van der Waals surface area contributed by atoms with Gasteiger partial charge in [0.05, 0.1) is 13.2 Å². The van der Waals surface area contributed by atoms with Gasteiger partial charge < -0.3 is 20.3 Å². The molecule has 4 heteroatoms. The number of ether oxygens (including phenoxy) is 2. The van der Waals surface area contributed by atoms with E-state index in [0.29, 0.717) is 5.92 Å². The summed E-state index contributed by atoms with van der Waals surface area (Å²) < 4.78 is 10.8. The van der Waals surface area contributed by atoms with Gasteiger partial charge in [0.25, 0.3) is 0 Å². The van der Waals surface area contributed by atoms with E-state index in [1.54, 1.807) is 7.11 Å². The van der Waals surface area contributed by atoms with Gasteiger partial charge in [-0.2, -0.15) is 0 Å². The van der Waals surface area contributed by atoms with Crippen LogP contribution in [0.3, 0.4) is 0 Å². The summed E-state index contributed by atoms with van der Waals surface area (Å²) in [6.45, 7) is 1.66. The number of rotatable bonds is 9. The predicted molar refractivity (Wildman–Crippen MR) is 88.3 cm³/mol. The number of benzene rings is 1. The molecular weight excluding hydrogens is 278 g/mol. The van der Waals surface area contributed by atoms with E-state index in [1.165, 1.54) is 5.56 Å². The summed E-state index contributed by atoms with van der Waals surface area (Å²) in [7, 11) is 1.73. The molecule has 0 amide bonds. The van der Waals surface area contributed by atoms with Crippen molar-refractivity contribution in [3.05, 3.63) is 29.8 Å². The molecule has 1 fully saturated rings. The Kier molecular flexibility index (Phi) is 6.68. The van der Waals surface area contributed by atoms with E-state index in [1.807, 2.05) is 12.1 Å². The summed E-state index contributed by atoms with van der Waals surface area (Å²) in [5, 5.41) is 9.36. The third-order valence-electron chi connectivity index (χ3n) is 4.57. The van der Waals surface area contributed by atoms with Crippen molar-refractivity contribution in [1.29, 1.82) is 0 Å². The summed E-state index contributed by atoms with van der Waals surface area (Å²) in [6, 6.07) is 8.35. The van der Waals surface area contributed by atoms with Crippen LogP contribution in [0.4, 0.5) is 0 Å². The van der Waals surface area contributed by atoms with Crippen LogP contribution >= 0.6 is 0 Å². The van der Waals surface area contributed by atoms with Crippen LogP contribution in [0.25, 0.3) is 0 Å². The van der Waals surface area contributed by atoms with E-state index in [0.717, 1.165) is 57.5 Å². The number of hydrogen-bond donors (Lipinski definition) is 2. The lowest BCUT2D eigenvalue weighted by atomic mass is 9.94. The van der Waals surface area contributed by atoms with Crippen LogP contribution in [0.2, 0.25) is 0 Å². The standard InChI is InChI=1S/C18H29NO3/c1-21-11-3-2-4-12-22-17-7-5-15(6-8-17)16-9-10-18(19,13-16)14-20/h5-8,16,20H,2-4,9-14,19H2,1H3/t16-,18-/m1/s1. The van der Waals surface area contributed by atoms with Crippen molar-refractivity contribution >= 4 is 0 Å². The molecule has 2 rings (SSSR count). The Balaban J connectivity index is 1.74. The molecule has 22 heavy (non-hydrogen) atoms. The van der Waals surface area contributed by atoms with Gasteiger partial charge in [0.2, 0.25) is 0 Å². The van der Waals surface area contributed by atoms with Gasteiger partial charge >= 0.3 is 0 Å². The van der Waals surface area contributed by atoms with E-state index in [9.17, 15) is 5.11 Å². The first kappa shape index (κ1) is 17.3. The minimum atomic E-state index is -0.387. The fraction of sp³-hybridized carbons (Fsp3) is 0.667. The summed E-state index contributed by atoms with van der Waals surface area (Å²) in [6.07, 6.45) is 6.09. The van der Waals surface area contributed by atoms with Gasteiger partial charge in [-0.1, -0.05) is 12.1 Å². The van der Waals surface area contributed by atoms with Crippen molar-refractivity contribution in [3.63, 3.8) is 0 Å². The molecule has 0 radical (unpaired) electrons. The summed E-state index contributed by atoms with van der Waals surface area (Å²) in [5.41, 5.74) is 7.06. The van der Waals surface area contributed by atoms with Crippen LogP contribution in [0.5, 0.6) is 5.75 Å². The lowest BCUT2D eigenvalue weighted by molar-refractivity contribution is 0.189. The highest BCUT2D eigenvalue weighted by molar-refractivity contribution is 5.30. The molecule has 0 bridgehead atoms. The second kappa shape index (κ2) is 8.51. The number of aliphatic hydroxyl groups is 1. The fourth-order valence-electron chi connectivity index (χ4n) is 3.14. The first-order chi connectivity index (χ1) is 10.7. The molecule has 1 aliphatic carbocycles. The molecule has 0 unspecified atom stereocenters. The highest BCUT2D eigenvalue weighted by Crippen LogP contribution is 2.39. The second-order valence-corrected chi connectivity index (χ2v) is 6.43. The average Bonchev–Trinajstić information content (AvgIpc) is 2.94. The Hall–Kier alpha value is -1.10. The third-order valence-corrected chi connectivity index (χ3v) is 4.57. The van der Waals surface area contributed by atoms with Gasteiger partial charge in [0, 0.05) is 19.3 Å². The molecule has 1 aromatic rings. The Labute approximate surface area is 133 Å². The molecule has 0 saturated heterocycles. The molecular formula is C18H29NO3. The largest absolute Gasteiger partial charge is 0.494 e. The van der Waals surface area contributed by atoms with Crippen LogP contribution in [-0.4, -0.2) is 37.6 Å². The maximum absolute atomic E-state index is 9.36. The van der Waals surface area contributed by atoms with E-state index in [2.05, 4.69) is 12.1 Å².